The Hall–Kier alpha value is -2.24. The summed E-state index contributed by atoms with van der Waals surface area (Å²) in [6.45, 7) is 0.935. The second kappa shape index (κ2) is 7.52. The first-order chi connectivity index (χ1) is 10.2. The van der Waals surface area contributed by atoms with Gasteiger partial charge in [-0.3, -0.25) is 0 Å². The molecule has 0 aromatic heterocycles. The first-order valence-corrected chi connectivity index (χ1v) is 7.12. The van der Waals surface area contributed by atoms with E-state index >= 15 is 0 Å². The summed E-state index contributed by atoms with van der Waals surface area (Å²) in [5.74, 6) is -0.101. The highest BCUT2D eigenvalue weighted by Crippen LogP contribution is 2.32. The molecule has 0 saturated heterocycles. The highest BCUT2D eigenvalue weighted by molar-refractivity contribution is 5.83. The van der Waals surface area contributed by atoms with Gasteiger partial charge in [0.15, 0.2) is 0 Å². The molecule has 1 aliphatic carbocycles. The van der Waals surface area contributed by atoms with Crippen LogP contribution in [0.3, 0.4) is 0 Å². The van der Waals surface area contributed by atoms with Crippen LogP contribution < -0.4 is 15.4 Å². The third-order valence-corrected chi connectivity index (χ3v) is 3.26. The lowest BCUT2D eigenvalue weighted by Crippen LogP contribution is -2.47. The number of carboxylic acid groups (broad SMARTS) is 1. The van der Waals surface area contributed by atoms with Crippen LogP contribution in [0, 0.1) is 5.92 Å². The molecular formula is C15H20N2O4. The molecular weight excluding hydrogens is 272 g/mol. The Morgan fingerprint density at radius 3 is 2.62 bits per heavy atom. The molecule has 3 N–H and O–H groups in total. The molecule has 0 heterocycles. The van der Waals surface area contributed by atoms with Crippen molar-refractivity contribution in [2.75, 3.05) is 13.2 Å². The minimum Gasteiger partial charge on any atom is -0.494 e. The van der Waals surface area contributed by atoms with E-state index in [0.29, 0.717) is 19.6 Å². The van der Waals surface area contributed by atoms with Crippen molar-refractivity contribution < 1.29 is 19.4 Å². The second-order valence-corrected chi connectivity index (χ2v) is 5.07. The van der Waals surface area contributed by atoms with Gasteiger partial charge in [0.2, 0.25) is 0 Å². The first-order valence-electron chi connectivity index (χ1n) is 7.12. The average molecular weight is 292 g/mol. The van der Waals surface area contributed by atoms with Gasteiger partial charge in [-0.1, -0.05) is 18.2 Å². The van der Waals surface area contributed by atoms with Gasteiger partial charge in [0.05, 0.1) is 6.61 Å². The number of aliphatic carboxylic acids is 1. The van der Waals surface area contributed by atoms with E-state index in [1.165, 1.54) is 0 Å². The molecule has 1 saturated carbocycles. The summed E-state index contributed by atoms with van der Waals surface area (Å²) in [5, 5.41) is 14.1. The molecule has 114 valence electrons. The maximum atomic E-state index is 11.6. The number of nitrogens with one attached hydrogen (secondary N) is 2. The molecule has 2 amide bonds. The number of rotatable bonds is 8. The maximum absolute atomic E-state index is 11.6. The van der Waals surface area contributed by atoms with Crippen molar-refractivity contribution >= 4 is 12.0 Å². The van der Waals surface area contributed by atoms with Crippen LogP contribution in [-0.4, -0.2) is 36.3 Å². The van der Waals surface area contributed by atoms with Crippen molar-refractivity contribution in [2.45, 2.75) is 25.3 Å². The Morgan fingerprint density at radius 1 is 1.29 bits per heavy atom. The molecule has 1 atom stereocenters. The minimum atomic E-state index is -0.972. The molecule has 1 aromatic carbocycles. The van der Waals surface area contributed by atoms with Crippen molar-refractivity contribution in [3.63, 3.8) is 0 Å². The number of carbonyl (C=O) groups is 2. The average Bonchev–Trinajstić information content (AvgIpc) is 3.30. The van der Waals surface area contributed by atoms with Gasteiger partial charge in [0.1, 0.15) is 11.8 Å². The number of amides is 2. The van der Waals surface area contributed by atoms with Crippen molar-refractivity contribution in [3.05, 3.63) is 30.3 Å². The number of urea groups is 1. The van der Waals surface area contributed by atoms with E-state index in [0.717, 1.165) is 18.6 Å². The van der Waals surface area contributed by atoms with E-state index in [1.807, 2.05) is 30.3 Å². The van der Waals surface area contributed by atoms with E-state index in [-0.39, 0.29) is 5.92 Å². The largest absolute Gasteiger partial charge is 0.494 e. The van der Waals surface area contributed by atoms with Gasteiger partial charge in [-0.25, -0.2) is 9.59 Å². The van der Waals surface area contributed by atoms with E-state index in [9.17, 15) is 9.59 Å². The van der Waals surface area contributed by atoms with Crippen LogP contribution in [0.25, 0.3) is 0 Å². The van der Waals surface area contributed by atoms with Crippen molar-refractivity contribution in [2.24, 2.45) is 5.92 Å². The molecule has 6 heteroatoms. The smallest absolute Gasteiger partial charge is 0.326 e. The highest BCUT2D eigenvalue weighted by atomic mass is 16.5. The predicted octanol–water partition coefficient (Wildman–Crippen LogP) is 1.62. The molecule has 0 spiro atoms. The van der Waals surface area contributed by atoms with Crippen LogP contribution in [0.1, 0.15) is 19.3 Å². The van der Waals surface area contributed by atoms with Gasteiger partial charge in [0.25, 0.3) is 0 Å². The summed E-state index contributed by atoms with van der Waals surface area (Å²) in [4.78, 5) is 22.6. The van der Waals surface area contributed by atoms with Crippen molar-refractivity contribution in [1.29, 1.82) is 0 Å². The molecule has 0 bridgehead atoms. The summed E-state index contributed by atoms with van der Waals surface area (Å²) in [6, 6.07) is 8.23. The number of benzene rings is 1. The first kappa shape index (κ1) is 15.2. The van der Waals surface area contributed by atoms with Crippen LogP contribution >= 0.6 is 0 Å². The fourth-order valence-corrected chi connectivity index (χ4v) is 1.98. The number of hydrogen-bond acceptors (Lipinski definition) is 3. The maximum Gasteiger partial charge on any atom is 0.326 e. The number of carboxylic acids is 1. The van der Waals surface area contributed by atoms with Gasteiger partial charge in [-0.15, -0.1) is 0 Å². The summed E-state index contributed by atoms with van der Waals surface area (Å²) in [5.41, 5.74) is 0. The quantitative estimate of drug-likeness (QED) is 0.635. The Morgan fingerprint density at radius 2 is 2.00 bits per heavy atom. The standard InChI is InChI=1S/C15H20N2O4/c18-14(19)13(11-7-8-11)17-15(20)16-9-4-10-21-12-5-2-1-3-6-12/h1-3,5-6,11,13H,4,7-10H2,(H,18,19)(H2,16,17,20). The number of para-hydroxylation sites is 1. The Bertz CT molecular complexity index is 474. The van der Waals surface area contributed by atoms with E-state index < -0.39 is 18.0 Å². The number of hydrogen-bond donors (Lipinski definition) is 3. The zero-order valence-corrected chi connectivity index (χ0v) is 11.7. The zero-order chi connectivity index (χ0) is 15.1. The van der Waals surface area contributed by atoms with Crippen LogP contribution in [0.15, 0.2) is 30.3 Å². The Balaban J connectivity index is 1.57. The SMILES string of the molecule is O=C(NCCCOc1ccccc1)NC(C(=O)O)C1CC1. The third kappa shape index (κ3) is 5.33. The molecule has 1 aliphatic rings. The monoisotopic (exact) mass is 292 g/mol. The Kier molecular flexibility index (Phi) is 5.43. The lowest BCUT2D eigenvalue weighted by atomic mass is 10.2. The van der Waals surface area contributed by atoms with Crippen molar-refractivity contribution in [3.8, 4) is 5.75 Å². The van der Waals surface area contributed by atoms with Crippen molar-refractivity contribution in [1.82, 2.24) is 10.6 Å². The molecule has 0 aliphatic heterocycles. The summed E-state index contributed by atoms with van der Waals surface area (Å²) >= 11 is 0. The zero-order valence-electron chi connectivity index (χ0n) is 11.7. The molecule has 1 aromatic rings. The molecule has 0 radical (unpaired) electrons. The predicted molar refractivity (Wildman–Crippen MR) is 77.2 cm³/mol. The fraction of sp³-hybridized carbons (Fsp3) is 0.467. The van der Waals surface area contributed by atoms with Crippen LogP contribution in [-0.2, 0) is 4.79 Å². The van der Waals surface area contributed by atoms with Gasteiger partial charge in [-0.2, -0.15) is 0 Å². The van der Waals surface area contributed by atoms with Crippen LogP contribution in [0.5, 0.6) is 5.75 Å². The highest BCUT2D eigenvalue weighted by Gasteiger charge is 2.37. The van der Waals surface area contributed by atoms with Crippen LogP contribution in [0.4, 0.5) is 4.79 Å². The number of ether oxygens (including phenoxy) is 1. The van der Waals surface area contributed by atoms with Gasteiger partial charge < -0.3 is 20.5 Å². The van der Waals surface area contributed by atoms with E-state index in [1.54, 1.807) is 0 Å². The normalized spacial score (nSPS) is 15.0. The topological polar surface area (TPSA) is 87.7 Å². The lowest BCUT2D eigenvalue weighted by molar-refractivity contribution is -0.139. The minimum absolute atomic E-state index is 0.0784. The van der Waals surface area contributed by atoms with Gasteiger partial charge in [0, 0.05) is 6.54 Å². The third-order valence-electron chi connectivity index (χ3n) is 3.26. The molecule has 1 fully saturated rings. The lowest BCUT2D eigenvalue weighted by Gasteiger charge is -2.14. The summed E-state index contributed by atoms with van der Waals surface area (Å²) in [7, 11) is 0. The number of carbonyl (C=O) groups excluding carboxylic acids is 1. The van der Waals surface area contributed by atoms with E-state index in [4.69, 9.17) is 9.84 Å². The van der Waals surface area contributed by atoms with E-state index in [2.05, 4.69) is 10.6 Å². The van der Waals surface area contributed by atoms with Gasteiger partial charge in [-0.05, 0) is 37.3 Å². The fourth-order valence-electron chi connectivity index (χ4n) is 1.98. The van der Waals surface area contributed by atoms with Crippen LogP contribution in [0.2, 0.25) is 0 Å². The summed E-state index contributed by atoms with van der Waals surface area (Å²) in [6.07, 6.45) is 2.38. The second-order valence-electron chi connectivity index (χ2n) is 5.07. The Labute approximate surface area is 123 Å². The molecule has 2 rings (SSSR count). The molecule has 6 nitrogen and oxygen atoms in total. The summed E-state index contributed by atoms with van der Waals surface area (Å²) < 4.78 is 5.49. The molecule has 1 unspecified atom stereocenters. The van der Waals surface area contributed by atoms with Gasteiger partial charge >= 0.3 is 12.0 Å². The molecule has 21 heavy (non-hydrogen) atoms.